The fourth-order valence-electron chi connectivity index (χ4n) is 1.66. The van der Waals surface area contributed by atoms with E-state index >= 15 is 0 Å². The van der Waals surface area contributed by atoms with Crippen LogP contribution in [0.15, 0.2) is 36.4 Å². The van der Waals surface area contributed by atoms with E-state index in [1.165, 1.54) is 18.2 Å². The molecule has 1 heterocycles. The summed E-state index contributed by atoms with van der Waals surface area (Å²) in [6.45, 7) is 2.64. The van der Waals surface area contributed by atoms with Crippen molar-refractivity contribution in [3.8, 4) is 0 Å². The molecule has 0 aliphatic carbocycles. The Kier molecular flexibility index (Phi) is 4.53. The molecule has 0 aliphatic heterocycles. The van der Waals surface area contributed by atoms with Crippen LogP contribution in [0, 0.1) is 5.82 Å². The highest BCUT2D eigenvalue weighted by atomic mass is 35.5. The molecule has 1 aromatic heterocycles. The van der Waals surface area contributed by atoms with Crippen molar-refractivity contribution in [3.05, 3.63) is 52.9 Å². The monoisotopic (exact) mass is 293 g/mol. The van der Waals surface area contributed by atoms with Gasteiger partial charge in [-0.3, -0.25) is 4.79 Å². The number of anilines is 2. The third kappa shape index (κ3) is 3.68. The van der Waals surface area contributed by atoms with Crippen molar-refractivity contribution in [2.45, 2.75) is 6.92 Å². The van der Waals surface area contributed by atoms with Crippen LogP contribution in [-0.4, -0.2) is 17.4 Å². The van der Waals surface area contributed by atoms with E-state index in [0.29, 0.717) is 12.4 Å². The second-order valence-corrected chi connectivity index (χ2v) is 4.49. The minimum atomic E-state index is -0.512. The Balaban J connectivity index is 2.17. The van der Waals surface area contributed by atoms with Crippen molar-refractivity contribution in [1.82, 2.24) is 4.98 Å². The fourth-order valence-corrected chi connectivity index (χ4v) is 1.88. The molecule has 2 rings (SSSR count). The number of carbonyl (C=O) groups is 1. The van der Waals surface area contributed by atoms with E-state index in [0.717, 1.165) is 0 Å². The zero-order valence-corrected chi connectivity index (χ0v) is 11.5. The molecule has 2 aromatic rings. The first-order valence-corrected chi connectivity index (χ1v) is 6.44. The largest absolute Gasteiger partial charge is 0.370 e. The minimum Gasteiger partial charge on any atom is -0.370 e. The number of nitrogens with one attached hydrogen (secondary N) is 2. The number of rotatable bonds is 4. The number of halogens is 2. The molecule has 20 heavy (non-hydrogen) atoms. The van der Waals surface area contributed by atoms with Gasteiger partial charge in [0.15, 0.2) is 0 Å². The van der Waals surface area contributed by atoms with Gasteiger partial charge in [-0.1, -0.05) is 17.7 Å². The van der Waals surface area contributed by atoms with Crippen LogP contribution >= 0.6 is 11.6 Å². The number of amides is 1. The highest BCUT2D eigenvalue weighted by Crippen LogP contribution is 2.18. The Morgan fingerprint density at radius 1 is 1.35 bits per heavy atom. The van der Waals surface area contributed by atoms with Gasteiger partial charge in [0, 0.05) is 17.3 Å². The molecule has 104 valence electrons. The van der Waals surface area contributed by atoms with Crippen molar-refractivity contribution < 1.29 is 9.18 Å². The Hall–Kier alpha value is -2.14. The molecule has 0 radical (unpaired) electrons. The summed E-state index contributed by atoms with van der Waals surface area (Å²) in [5.41, 5.74) is 0.527. The van der Waals surface area contributed by atoms with Gasteiger partial charge in [-0.05, 0) is 37.3 Å². The summed E-state index contributed by atoms with van der Waals surface area (Å²) in [5, 5.41) is 5.79. The molecular weight excluding hydrogens is 281 g/mol. The zero-order valence-electron chi connectivity index (χ0n) is 10.8. The fraction of sp³-hybridized carbons (Fsp3) is 0.143. The molecule has 0 unspecified atom stereocenters. The first kappa shape index (κ1) is 14.3. The van der Waals surface area contributed by atoms with Crippen LogP contribution in [0.5, 0.6) is 0 Å². The van der Waals surface area contributed by atoms with E-state index in [1.807, 2.05) is 6.92 Å². The molecule has 0 atom stereocenters. The Morgan fingerprint density at radius 2 is 2.15 bits per heavy atom. The Bertz CT molecular complexity index is 613. The average molecular weight is 294 g/mol. The number of nitrogens with zero attached hydrogens (tertiary/aromatic N) is 1. The second-order valence-electron chi connectivity index (χ2n) is 4.05. The summed E-state index contributed by atoms with van der Waals surface area (Å²) in [7, 11) is 0. The van der Waals surface area contributed by atoms with E-state index in [4.69, 9.17) is 11.6 Å². The summed E-state index contributed by atoms with van der Waals surface area (Å²) < 4.78 is 13.2. The second kappa shape index (κ2) is 6.34. The van der Waals surface area contributed by atoms with Gasteiger partial charge in [-0.15, -0.1) is 0 Å². The summed E-state index contributed by atoms with van der Waals surface area (Å²) in [5.74, 6) is -0.328. The molecule has 0 spiro atoms. The molecule has 0 aliphatic rings. The number of carbonyl (C=O) groups excluding carboxylic acids is 1. The first-order valence-electron chi connectivity index (χ1n) is 6.07. The topological polar surface area (TPSA) is 54.0 Å². The average Bonchev–Trinajstić information content (AvgIpc) is 2.38. The SMILES string of the molecule is CCNc1cccc(C(=O)Nc2cc(F)cc(Cl)c2)n1. The molecular formula is C14H13ClFN3O. The van der Waals surface area contributed by atoms with Gasteiger partial charge in [-0.2, -0.15) is 0 Å². The van der Waals surface area contributed by atoms with Crippen LogP contribution in [0.25, 0.3) is 0 Å². The Labute approximate surface area is 121 Å². The first-order chi connectivity index (χ1) is 9.58. The quantitative estimate of drug-likeness (QED) is 0.906. The van der Waals surface area contributed by atoms with Gasteiger partial charge in [0.2, 0.25) is 0 Å². The lowest BCUT2D eigenvalue weighted by molar-refractivity contribution is 0.102. The van der Waals surface area contributed by atoms with Gasteiger partial charge in [0.1, 0.15) is 17.3 Å². The molecule has 4 nitrogen and oxygen atoms in total. The van der Waals surface area contributed by atoms with Crippen molar-refractivity contribution >= 4 is 29.0 Å². The van der Waals surface area contributed by atoms with Crippen LogP contribution in [0.1, 0.15) is 17.4 Å². The van der Waals surface area contributed by atoms with Crippen molar-refractivity contribution in [2.75, 3.05) is 17.2 Å². The standard InChI is InChI=1S/C14H13ClFN3O/c1-2-17-13-5-3-4-12(19-13)14(20)18-11-7-9(15)6-10(16)8-11/h3-8H,2H2,1H3,(H,17,19)(H,18,20). The maximum atomic E-state index is 13.2. The molecule has 1 amide bonds. The Morgan fingerprint density at radius 3 is 2.85 bits per heavy atom. The summed E-state index contributed by atoms with van der Waals surface area (Å²) in [6.07, 6.45) is 0. The maximum absolute atomic E-state index is 13.2. The van der Waals surface area contributed by atoms with Gasteiger partial charge in [0.25, 0.3) is 5.91 Å². The number of aromatic nitrogens is 1. The number of hydrogen-bond acceptors (Lipinski definition) is 3. The smallest absolute Gasteiger partial charge is 0.274 e. The van der Waals surface area contributed by atoms with Gasteiger partial charge >= 0.3 is 0 Å². The lowest BCUT2D eigenvalue weighted by Crippen LogP contribution is -2.14. The summed E-state index contributed by atoms with van der Waals surface area (Å²) in [6, 6.07) is 8.89. The highest BCUT2D eigenvalue weighted by Gasteiger charge is 2.09. The van der Waals surface area contributed by atoms with Crippen LogP contribution in [0.2, 0.25) is 5.02 Å². The molecule has 6 heteroatoms. The lowest BCUT2D eigenvalue weighted by atomic mass is 10.3. The predicted octanol–water partition coefficient (Wildman–Crippen LogP) is 3.56. The van der Waals surface area contributed by atoms with E-state index < -0.39 is 11.7 Å². The van der Waals surface area contributed by atoms with Gasteiger partial charge < -0.3 is 10.6 Å². The number of pyridine rings is 1. The highest BCUT2D eigenvalue weighted by molar-refractivity contribution is 6.31. The minimum absolute atomic E-state index is 0.217. The van der Waals surface area contributed by atoms with Crippen LogP contribution in [-0.2, 0) is 0 Å². The maximum Gasteiger partial charge on any atom is 0.274 e. The molecule has 0 fully saturated rings. The van der Waals surface area contributed by atoms with E-state index in [-0.39, 0.29) is 16.4 Å². The van der Waals surface area contributed by atoms with Crippen molar-refractivity contribution in [3.63, 3.8) is 0 Å². The number of benzene rings is 1. The van der Waals surface area contributed by atoms with Crippen LogP contribution < -0.4 is 10.6 Å². The van der Waals surface area contributed by atoms with Gasteiger partial charge in [0.05, 0.1) is 0 Å². The normalized spacial score (nSPS) is 10.2. The predicted molar refractivity (Wildman–Crippen MR) is 77.8 cm³/mol. The zero-order chi connectivity index (χ0) is 14.5. The molecule has 1 aromatic carbocycles. The third-order valence-electron chi connectivity index (χ3n) is 2.46. The lowest BCUT2D eigenvalue weighted by Gasteiger charge is -2.07. The summed E-state index contributed by atoms with van der Waals surface area (Å²) >= 11 is 5.73. The molecule has 0 saturated heterocycles. The van der Waals surface area contributed by atoms with Crippen molar-refractivity contribution in [2.24, 2.45) is 0 Å². The summed E-state index contributed by atoms with van der Waals surface area (Å²) in [4.78, 5) is 16.2. The van der Waals surface area contributed by atoms with E-state index in [2.05, 4.69) is 15.6 Å². The van der Waals surface area contributed by atoms with Crippen LogP contribution in [0.4, 0.5) is 15.9 Å². The number of hydrogen-bond donors (Lipinski definition) is 2. The van der Waals surface area contributed by atoms with Crippen molar-refractivity contribution in [1.29, 1.82) is 0 Å². The molecule has 0 bridgehead atoms. The third-order valence-corrected chi connectivity index (χ3v) is 2.68. The van der Waals surface area contributed by atoms with E-state index in [9.17, 15) is 9.18 Å². The van der Waals surface area contributed by atoms with Crippen LogP contribution in [0.3, 0.4) is 0 Å². The van der Waals surface area contributed by atoms with Gasteiger partial charge in [-0.25, -0.2) is 9.37 Å². The van der Waals surface area contributed by atoms with E-state index in [1.54, 1.807) is 18.2 Å². The molecule has 2 N–H and O–H groups in total. The molecule has 0 saturated carbocycles.